The molecule has 0 unspecified atom stereocenters. The Morgan fingerprint density at radius 3 is 2.77 bits per heavy atom. The molecule has 13 heavy (non-hydrogen) atoms. The molecule has 0 amide bonds. The Morgan fingerprint density at radius 1 is 1.62 bits per heavy atom. The fraction of sp³-hybridized carbons (Fsp3) is 0.125. The third-order valence-corrected chi connectivity index (χ3v) is 1.82. The van der Waals surface area contributed by atoms with E-state index < -0.39 is 11.9 Å². The first kappa shape index (κ1) is 9.78. The van der Waals surface area contributed by atoms with Crippen LogP contribution in [0.2, 0.25) is 5.02 Å². The van der Waals surface area contributed by atoms with Crippen molar-refractivity contribution in [2.24, 2.45) is 5.73 Å². The summed E-state index contributed by atoms with van der Waals surface area (Å²) in [5.41, 5.74) is 5.28. The first-order valence-corrected chi connectivity index (χ1v) is 3.77. The van der Waals surface area contributed by atoms with Gasteiger partial charge < -0.3 is 10.8 Å². The fourth-order valence-electron chi connectivity index (χ4n) is 0.893. The molecule has 1 aromatic carbocycles. The van der Waals surface area contributed by atoms with Crippen molar-refractivity contribution in [3.63, 3.8) is 0 Å². The Labute approximate surface area is 79.2 Å². The Kier molecular flexibility index (Phi) is 2.71. The summed E-state index contributed by atoms with van der Waals surface area (Å²) in [6, 6.07) is 2.52. The van der Waals surface area contributed by atoms with E-state index >= 15 is 0 Å². The van der Waals surface area contributed by atoms with Gasteiger partial charge in [0.2, 0.25) is 0 Å². The van der Waals surface area contributed by atoms with Crippen molar-refractivity contribution in [1.29, 1.82) is 5.26 Å². The molecule has 0 saturated heterocycles. The molecule has 1 rings (SSSR count). The van der Waals surface area contributed by atoms with Gasteiger partial charge in [0.05, 0.1) is 11.1 Å². The van der Waals surface area contributed by atoms with Crippen molar-refractivity contribution in [3.8, 4) is 11.8 Å². The second kappa shape index (κ2) is 3.60. The van der Waals surface area contributed by atoms with Crippen LogP contribution < -0.4 is 5.73 Å². The van der Waals surface area contributed by atoms with E-state index in [4.69, 9.17) is 22.6 Å². The number of rotatable bonds is 1. The minimum absolute atomic E-state index is 0.00694. The number of halogens is 2. The lowest BCUT2D eigenvalue weighted by atomic mass is 10.1. The predicted octanol–water partition coefficient (Wildman–Crippen LogP) is 1.71. The zero-order chi connectivity index (χ0) is 10.0. The van der Waals surface area contributed by atoms with Gasteiger partial charge in [-0.05, 0) is 12.1 Å². The van der Waals surface area contributed by atoms with Gasteiger partial charge in [-0.3, -0.25) is 0 Å². The highest BCUT2D eigenvalue weighted by molar-refractivity contribution is 6.32. The summed E-state index contributed by atoms with van der Waals surface area (Å²) in [6.45, 7) is 0. The summed E-state index contributed by atoms with van der Waals surface area (Å²) in [7, 11) is 0. The van der Waals surface area contributed by atoms with Crippen LogP contribution in [0.3, 0.4) is 0 Å². The monoisotopic (exact) mass is 200 g/mol. The molecular weight excluding hydrogens is 195 g/mol. The molecule has 1 atom stereocenters. The number of hydrogen-bond acceptors (Lipinski definition) is 3. The Bertz CT molecular complexity index is 375. The fourth-order valence-corrected chi connectivity index (χ4v) is 1.11. The lowest BCUT2D eigenvalue weighted by molar-refractivity contribution is 0.464. The molecule has 68 valence electrons. The average Bonchev–Trinajstić information content (AvgIpc) is 2.10. The Morgan fingerprint density at radius 2 is 2.23 bits per heavy atom. The highest BCUT2D eigenvalue weighted by atomic mass is 35.5. The molecule has 0 radical (unpaired) electrons. The minimum Gasteiger partial charge on any atom is -0.506 e. The van der Waals surface area contributed by atoms with E-state index in [2.05, 4.69) is 0 Å². The number of nitriles is 1. The van der Waals surface area contributed by atoms with Crippen molar-refractivity contribution in [2.75, 3.05) is 0 Å². The van der Waals surface area contributed by atoms with E-state index in [9.17, 15) is 9.50 Å². The van der Waals surface area contributed by atoms with Gasteiger partial charge in [0.25, 0.3) is 0 Å². The lowest BCUT2D eigenvalue weighted by Crippen LogP contribution is -2.07. The van der Waals surface area contributed by atoms with E-state index in [0.29, 0.717) is 0 Å². The summed E-state index contributed by atoms with van der Waals surface area (Å²) >= 11 is 5.47. The SMILES string of the molecule is N#C[C@H](N)c1cc(F)cc(Cl)c1O. The van der Waals surface area contributed by atoms with Crippen LogP contribution in [-0.4, -0.2) is 5.11 Å². The average molecular weight is 201 g/mol. The zero-order valence-corrected chi connectivity index (χ0v) is 7.22. The number of aromatic hydroxyl groups is 1. The van der Waals surface area contributed by atoms with Crippen molar-refractivity contribution in [3.05, 3.63) is 28.5 Å². The first-order valence-electron chi connectivity index (χ1n) is 3.39. The molecule has 0 aliphatic carbocycles. The van der Waals surface area contributed by atoms with Crippen LogP contribution in [0.4, 0.5) is 4.39 Å². The first-order chi connectivity index (χ1) is 6.06. The molecule has 1 aromatic rings. The van der Waals surface area contributed by atoms with Gasteiger partial charge in [-0.1, -0.05) is 11.6 Å². The number of phenolic OH excluding ortho intramolecular Hbond substituents is 1. The van der Waals surface area contributed by atoms with Gasteiger partial charge in [0.15, 0.2) is 0 Å². The van der Waals surface area contributed by atoms with Crippen LogP contribution in [0.1, 0.15) is 11.6 Å². The molecule has 0 heterocycles. The largest absolute Gasteiger partial charge is 0.506 e. The minimum atomic E-state index is -1.08. The standard InChI is InChI=1S/C8H6ClFN2O/c9-6-2-4(10)1-5(8(6)13)7(12)3-11/h1-2,7,13H,12H2/t7-/m0/s1. The predicted molar refractivity (Wildman–Crippen MR) is 45.6 cm³/mol. The Balaban J connectivity index is 3.30. The summed E-state index contributed by atoms with van der Waals surface area (Å²) in [5, 5.41) is 17.6. The summed E-state index contributed by atoms with van der Waals surface area (Å²) in [4.78, 5) is 0. The summed E-state index contributed by atoms with van der Waals surface area (Å²) in [6.07, 6.45) is 0. The second-order valence-corrected chi connectivity index (χ2v) is 2.84. The number of benzene rings is 1. The third-order valence-electron chi connectivity index (χ3n) is 1.53. The van der Waals surface area contributed by atoms with Crippen LogP contribution in [0.5, 0.6) is 5.75 Å². The summed E-state index contributed by atoms with van der Waals surface area (Å²) < 4.78 is 12.7. The van der Waals surface area contributed by atoms with Crippen molar-refractivity contribution in [2.45, 2.75) is 6.04 Å². The van der Waals surface area contributed by atoms with Gasteiger partial charge in [-0.2, -0.15) is 5.26 Å². The maximum Gasteiger partial charge on any atom is 0.140 e. The Hall–Kier alpha value is -1.31. The van der Waals surface area contributed by atoms with E-state index in [1.807, 2.05) is 0 Å². The van der Waals surface area contributed by atoms with Gasteiger partial charge >= 0.3 is 0 Å². The number of nitrogens with two attached hydrogens (primary N) is 1. The molecule has 0 aromatic heterocycles. The second-order valence-electron chi connectivity index (χ2n) is 2.43. The van der Waals surface area contributed by atoms with Crippen LogP contribution >= 0.6 is 11.6 Å². The smallest absolute Gasteiger partial charge is 0.140 e. The molecule has 3 nitrogen and oxygen atoms in total. The molecule has 0 bridgehead atoms. The van der Waals surface area contributed by atoms with Crippen molar-refractivity contribution < 1.29 is 9.50 Å². The number of phenols is 1. The molecule has 0 saturated carbocycles. The molecule has 0 aliphatic heterocycles. The van der Waals surface area contributed by atoms with Gasteiger partial charge in [-0.25, -0.2) is 4.39 Å². The third kappa shape index (κ3) is 1.89. The summed E-state index contributed by atoms with van der Waals surface area (Å²) in [5.74, 6) is -0.986. The van der Waals surface area contributed by atoms with Gasteiger partial charge in [0.1, 0.15) is 17.6 Å². The zero-order valence-electron chi connectivity index (χ0n) is 6.46. The van der Waals surface area contributed by atoms with E-state index in [1.165, 1.54) is 0 Å². The molecular formula is C8H6ClFN2O. The normalized spacial score (nSPS) is 12.2. The van der Waals surface area contributed by atoms with E-state index in [-0.39, 0.29) is 16.3 Å². The van der Waals surface area contributed by atoms with E-state index in [1.54, 1.807) is 6.07 Å². The molecule has 5 heteroatoms. The number of hydrogen-bond donors (Lipinski definition) is 2. The van der Waals surface area contributed by atoms with Crippen LogP contribution in [0.15, 0.2) is 12.1 Å². The van der Waals surface area contributed by atoms with Gasteiger partial charge in [0, 0.05) is 5.56 Å². The van der Waals surface area contributed by atoms with Crippen molar-refractivity contribution in [1.82, 2.24) is 0 Å². The maximum absolute atomic E-state index is 12.7. The highest BCUT2D eigenvalue weighted by Crippen LogP contribution is 2.31. The molecule has 0 spiro atoms. The van der Waals surface area contributed by atoms with Gasteiger partial charge in [-0.15, -0.1) is 0 Å². The molecule has 0 fully saturated rings. The topological polar surface area (TPSA) is 70.0 Å². The van der Waals surface area contributed by atoms with Crippen molar-refractivity contribution >= 4 is 11.6 Å². The van der Waals surface area contributed by atoms with Crippen LogP contribution in [-0.2, 0) is 0 Å². The lowest BCUT2D eigenvalue weighted by Gasteiger charge is -2.07. The highest BCUT2D eigenvalue weighted by Gasteiger charge is 2.14. The maximum atomic E-state index is 12.7. The molecule has 0 aliphatic rings. The quantitative estimate of drug-likeness (QED) is 0.725. The van der Waals surface area contributed by atoms with Crippen LogP contribution in [0.25, 0.3) is 0 Å². The molecule has 3 N–H and O–H groups in total. The van der Waals surface area contributed by atoms with Crippen LogP contribution in [0, 0.1) is 17.1 Å². The van der Waals surface area contributed by atoms with E-state index in [0.717, 1.165) is 12.1 Å². The number of nitrogens with zero attached hydrogens (tertiary/aromatic N) is 1.